The van der Waals surface area contributed by atoms with Gasteiger partial charge in [0.25, 0.3) is 5.22 Å². The van der Waals surface area contributed by atoms with Gasteiger partial charge in [0, 0.05) is 12.1 Å². The van der Waals surface area contributed by atoms with Gasteiger partial charge in [-0.05, 0) is 45.0 Å². The van der Waals surface area contributed by atoms with Gasteiger partial charge in [0.1, 0.15) is 0 Å². The molecule has 0 unspecified atom stereocenters. The third-order valence-corrected chi connectivity index (χ3v) is 4.77. The molecule has 1 aromatic rings. The Hall–Kier alpha value is -1.08. The SMILES string of the molecule is CSc1nnc(C(=O)N[C@@H]2C3CCN(CC3)[C@H]2C)o1. The Balaban J connectivity index is 1.69. The summed E-state index contributed by atoms with van der Waals surface area (Å²) in [4.78, 5) is 14.6. The van der Waals surface area contributed by atoms with Crippen molar-refractivity contribution < 1.29 is 9.21 Å². The summed E-state index contributed by atoms with van der Waals surface area (Å²) >= 11 is 1.34. The van der Waals surface area contributed by atoms with Crippen molar-refractivity contribution in [1.29, 1.82) is 0 Å². The minimum absolute atomic E-state index is 0.0630. The highest BCUT2D eigenvalue weighted by molar-refractivity contribution is 7.98. The summed E-state index contributed by atoms with van der Waals surface area (Å²) < 4.78 is 5.27. The standard InChI is InChI=1S/C12H18N4O2S/c1-7-9(8-3-5-16(7)6-4-8)13-10(17)11-14-15-12(18-11)19-2/h7-9H,3-6H2,1-2H3,(H,13,17)/t7-,9-/m0/s1. The second-order valence-electron chi connectivity index (χ2n) is 5.19. The van der Waals surface area contributed by atoms with Crippen molar-refractivity contribution in [3.8, 4) is 0 Å². The molecule has 3 aliphatic rings. The number of hydrogen-bond donors (Lipinski definition) is 1. The summed E-state index contributed by atoms with van der Waals surface area (Å²) in [5.74, 6) is 0.387. The molecule has 3 saturated heterocycles. The number of nitrogens with zero attached hydrogens (tertiary/aromatic N) is 3. The van der Waals surface area contributed by atoms with Crippen LogP contribution in [0, 0.1) is 5.92 Å². The van der Waals surface area contributed by atoms with Crippen molar-refractivity contribution in [1.82, 2.24) is 20.4 Å². The zero-order valence-corrected chi connectivity index (χ0v) is 11.9. The molecule has 104 valence electrons. The van der Waals surface area contributed by atoms with Crippen LogP contribution in [0.25, 0.3) is 0 Å². The highest BCUT2D eigenvalue weighted by Crippen LogP contribution is 2.32. The fraction of sp³-hybridized carbons (Fsp3) is 0.750. The minimum atomic E-state index is -0.251. The first-order chi connectivity index (χ1) is 9.19. The van der Waals surface area contributed by atoms with Crippen molar-refractivity contribution in [2.75, 3.05) is 19.3 Å². The summed E-state index contributed by atoms with van der Waals surface area (Å²) in [6.07, 6.45) is 4.16. The van der Waals surface area contributed by atoms with E-state index in [0.29, 0.717) is 17.2 Å². The van der Waals surface area contributed by atoms with Gasteiger partial charge in [0.2, 0.25) is 0 Å². The number of rotatable bonds is 3. The van der Waals surface area contributed by atoms with Gasteiger partial charge in [-0.15, -0.1) is 10.2 Å². The van der Waals surface area contributed by atoms with Crippen LogP contribution in [0.4, 0.5) is 0 Å². The lowest BCUT2D eigenvalue weighted by molar-refractivity contribution is 0.0209. The first-order valence-corrected chi connectivity index (χ1v) is 7.84. The van der Waals surface area contributed by atoms with Crippen molar-refractivity contribution in [3.63, 3.8) is 0 Å². The van der Waals surface area contributed by atoms with E-state index in [1.54, 1.807) is 0 Å². The molecule has 3 aliphatic heterocycles. The molecule has 19 heavy (non-hydrogen) atoms. The molecule has 4 heterocycles. The van der Waals surface area contributed by atoms with E-state index in [1.165, 1.54) is 11.8 Å². The van der Waals surface area contributed by atoms with Crippen LogP contribution >= 0.6 is 11.8 Å². The Morgan fingerprint density at radius 3 is 2.74 bits per heavy atom. The zero-order valence-electron chi connectivity index (χ0n) is 11.1. The normalized spacial score (nSPS) is 33.4. The molecule has 0 aliphatic carbocycles. The maximum atomic E-state index is 12.1. The predicted molar refractivity (Wildman–Crippen MR) is 71.1 cm³/mol. The molecule has 1 aromatic heterocycles. The Morgan fingerprint density at radius 2 is 2.16 bits per heavy atom. The van der Waals surface area contributed by atoms with E-state index in [0.717, 1.165) is 25.9 Å². The topological polar surface area (TPSA) is 71.3 Å². The van der Waals surface area contributed by atoms with Crippen LogP contribution in [0.2, 0.25) is 0 Å². The van der Waals surface area contributed by atoms with E-state index in [1.807, 2.05) is 6.26 Å². The fourth-order valence-corrected chi connectivity index (χ4v) is 3.43. The monoisotopic (exact) mass is 282 g/mol. The van der Waals surface area contributed by atoms with Gasteiger partial charge in [-0.3, -0.25) is 9.69 Å². The number of thioether (sulfide) groups is 1. The molecule has 7 heteroatoms. The first kappa shape index (κ1) is 12.9. The van der Waals surface area contributed by atoms with Gasteiger partial charge < -0.3 is 9.73 Å². The van der Waals surface area contributed by atoms with E-state index in [-0.39, 0.29) is 17.8 Å². The van der Waals surface area contributed by atoms with Crippen LogP contribution in [0.5, 0.6) is 0 Å². The van der Waals surface area contributed by atoms with Gasteiger partial charge in [-0.2, -0.15) is 0 Å². The molecule has 3 fully saturated rings. The lowest BCUT2D eigenvalue weighted by Crippen LogP contribution is -2.62. The molecule has 0 saturated carbocycles. The number of hydrogen-bond acceptors (Lipinski definition) is 6. The average molecular weight is 282 g/mol. The van der Waals surface area contributed by atoms with Crippen LogP contribution in [-0.4, -0.2) is 52.4 Å². The number of nitrogens with one attached hydrogen (secondary N) is 1. The molecule has 0 radical (unpaired) electrons. The van der Waals surface area contributed by atoms with Crippen molar-refractivity contribution in [2.45, 2.75) is 37.1 Å². The number of carbonyl (C=O) groups excluding carboxylic acids is 1. The summed E-state index contributed by atoms with van der Waals surface area (Å²) in [5, 5.41) is 11.1. The summed E-state index contributed by atoms with van der Waals surface area (Å²) in [5.41, 5.74) is 0. The third kappa shape index (κ3) is 2.36. The molecular formula is C12H18N4O2S. The van der Waals surface area contributed by atoms with Gasteiger partial charge in [0.15, 0.2) is 0 Å². The van der Waals surface area contributed by atoms with E-state index in [4.69, 9.17) is 4.42 Å². The molecule has 0 aromatic carbocycles. The molecular weight excluding hydrogens is 264 g/mol. The average Bonchev–Trinajstić information content (AvgIpc) is 2.92. The van der Waals surface area contributed by atoms with Crippen molar-refractivity contribution >= 4 is 17.7 Å². The van der Waals surface area contributed by atoms with Crippen LogP contribution in [0.1, 0.15) is 30.5 Å². The molecule has 2 atom stereocenters. The van der Waals surface area contributed by atoms with Crippen molar-refractivity contribution in [3.05, 3.63) is 5.89 Å². The van der Waals surface area contributed by atoms with Crippen LogP contribution in [0.15, 0.2) is 9.64 Å². The van der Waals surface area contributed by atoms with E-state index >= 15 is 0 Å². The van der Waals surface area contributed by atoms with E-state index in [2.05, 4.69) is 27.3 Å². The van der Waals surface area contributed by atoms with Gasteiger partial charge in [0.05, 0.1) is 0 Å². The first-order valence-electron chi connectivity index (χ1n) is 6.61. The molecule has 6 nitrogen and oxygen atoms in total. The highest BCUT2D eigenvalue weighted by Gasteiger charge is 2.40. The largest absolute Gasteiger partial charge is 0.407 e. The minimum Gasteiger partial charge on any atom is -0.407 e. The number of amides is 1. The zero-order chi connectivity index (χ0) is 13.4. The predicted octanol–water partition coefficient (Wildman–Crippen LogP) is 1.00. The molecule has 1 amide bonds. The molecule has 0 spiro atoms. The maximum Gasteiger partial charge on any atom is 0.309 e. The molecule has 1 N–H and O–H groups in total. The van der Waals surface area contributed by atoms with Crippen LogP contribution in [0.3, 0.4) is 0 Å². The Morgan fingerprint density at radius 1 is 1.42 bits per heavy atom. The lowest BCUT2D eigenvalue weighted by atomic mass is 9.79. The number of carbonyl (C=O) groups is 1. The summed E-state index contributed by atoms with van der Waals surface area (Å²) in [7, 11) is 0. The van der Waals surface area contributed by atoms with Gasteiger partial charge >= 0.3 is 11.8 Å². The fourth-order valence-electron chi connectivity index (χ4n) is 3.14. The Kier molecular flexibility index (Phi) is 3.49. The summed E-state index contributed by atoms with van der Waals surface area (Å²) in [6, 6.07) is 0.582. The Labute approximate surface area is 116 Å². The number of piperidine rings is 3. The maximum absolute atomic E-state index is 12.1. The smallest absolute Gasteiger partial charge is 0.309 e. The second kappa shape index (κ2) is 5.13. The van der Waals surface area contributed by atoms with Gasteiger partial charge in [-0.1, -0.05) is 11.8 Å². The van der Waals surface area contributed by atoms with Crippen LogP contribution < -0.4 is 5.32 Å². The Bertz CT molecular complexity index is 468. The lowest BCUT2D eigenvalue weighted by Gasteiger charge is -2.49. The number of aromatic nitrogens is 2. The van der Waals surface area contributed by atoms with Gasteiger partial charge in [-0.25, -0.2) is 0 Å². The third-order valence-electron chi connectivity index (χ3n) is 4.25. The van der Waals surface area contributed by atoms with Crippen LogP contribution in [-0.2, 0) is 0 Å². The molecule has 2 bridgehead atoms. The van der Waals surface area contributed by atoms with Crippen molar-refractivity contribution in [2.24, 2.45) is 5.92 Å². The molecule has 4 rings (SSSR count). The quantitative estimate of drug-likeness (QED) is 0.834. The second-order valence-corrected chi connectivity index (χ2v) is 5.95. The van der Waals surface area contributed by atoms with E-state index in [9.17, 15) is 4.79 Å². The summed E-state index contributed by atoms with van der Waals surface area (Å²) in [6.45, 7) is 4.47. The van der Waals surface area contributed by atoms with E-state index < -0.39 is 0 Å². The highest BCUT2D eigenvalue weighted by atomic mass is 32.2. The number of fused-ring (bicyclic) bond motifs is 3.